The number of H-pyrrole nitrogens is 1. The maximum Gasteiger partial charge on any atom is 0.356 e. The normalized spacial score (nSPS) is 21.0. The average Bonchev–Trinajstić information content (AvgIpc) is 3.37. The Kier molecular flexibility index (Phi) is 5.95. The number of aromatic amines is 1. The van der Waals surface area contributed by atoms with Gasteiger partial charge >= 0.3 is 5.97 Å². The van der Waals surface area contributed by atoms with Crippen molar-refractivity contribution in [2.75, 3.05) is 12.9 Å². The molecule has 0 radical (unpaired) electrons. The molecule has 11 heteroatoms. The number of nitrogens with one attached hydrogen (secondary N) is 1. The highest BCUT2D eigenvalue weighted by molar-refractivity contribution is 7.92. The molecule has 1 aromatic heterocycles. The van der Waals surface area contributed by atoms with Gasteiger partial charge in [0.05, 0.1) is 17.6 Å². The van der Waals surface area contributed by atoms with E-state index < -0.39 is 45.0 Å². The van der Waals surface area contributed by atoms with Gasteiger partial charge in [0.15, 0.2) is 27.4 Å². The SMILES string of the molecule is CO[C@H]1C(=O)N2C(C(=O)OC(c3ccccc3)c3ccccc3)=C(Cc3cn[nH]n3)CS(=O)(=O)[C@@H]12. The minimum Gasteiger partial charge on any atom is -0.448 e. The van der Waals surface area contributed by atoms with Crippen molar-refractivity contribution in [2.45, 2.75) is 24.0 Å². The molecule has 3 aromatic rings. The van der Waals surface area contributed by atoms with Gasteiger partial charge in [-0.25, -0.2) is 13.2 Å². The number of β-lactam (4-membered cyclic amide) rings is 1. The molecule has 2 aliphatic rings. The molecule has 10 nitrogen and oxygen atoms in total. The van der Waals surface area contributed by atoms with Crippen molar-refractivity contribution >= 4 is 21.7 Å². The Labute approximate surface area is 201 Å². The number of methoxy groups -OCH3 is 1. The van der Waals surface area contributed by atoms with Crippen molar-refractivity contribution in [3.8, 4) is 0 Å². The number of hydrogen-bond acceptors (Lipinski definition) is 8. The Hall–Kier alpha value is -3.83. The van der Waals surface area contributed by atoms with E-state index in [1.807, 2.05) is 60.7 Å². The van der Waals surface area contributed by atoms with Crippen LogP contribution in [0.5, 0.6) is 0 Å². The fourth-order valence-corrected chi connectivity index (χ4v) is 6.49. The highest BCUT2D eigenvalue weighted by Crippen LogP contribution is 2.40. The van der Waals surface area contributed by atoms with E-state index >= 15 is 0 Å². The Balaban J connectivity index is 1.57. The first-order valence-corrected chi connectivity index (χ1v) is 12.6. The first-order chi connectivity index (χ1) is 16.9. The van der Waals surface area contributed by atoms with Crippen LogP contribution in [0.15, 0.2) is 78.1 Å². The quantitative estimate of drug-likeness (QED) is 0.387. The molecule has 0 saturated carbocycles. The zero-order valence-electron chi connectivity index (χ0n) is 18.7. The molecule has 0 aliphatic carbocycles. The summed E-state index contributed by atoms with van der Waals surface area (Å²) < 4.78 is 37.2. The lowest BCUT2D eigenvalue weighted by atomic mass is 10.0. The number of fused-ring (bicyclic) bond motifs is 1. The molecule has 2 aromatic carbocycles. The number of esters is 1. The summed E-state index contributed by atoms with van der Waals surface area (Å²) in [6.45, 7) is 0. The summed E-state index contributed by atoms with van der Waals surface area (Å²) >= 11 is 0. The number of carbonyl (C=O) groups excluding carboxylic acids is 2. The number of nitrogens with zero attached hydrogens (tertiary/aromatic N) is 3. The fraction of sp³-hybridized carbons (Fsp3) is 0.250. The average molecular weight is 495 g/mol. The number of sulfone groups is 1. The largest absolute Gasteiger partial charge is 0.448 e. The first-order valence-electron chi connectivity index (χ1n) is 10.9. The molecule has 2 aliphatic heterocycles. The minimum atomic E-state index is -3.81. The van der Waals surface area contributed by atoms with Crippen molar-refractivity contribution in [1.82, 2.24) is 20.3 Å². The lowest BCUT2D eigenvalue weighted by molar-refractivity contribution is -0.165. The van der Waals surface area contributed by atoms with Gasteiger partial charge in [-0.2, -0.15) is 15.4 Å². The number of aromatic nitrogens is 3. The molecule has 180 valence electrons. The van der Waals surface area contributed by atoms with E-state index in [9.17, 15) is 18.0 Å². The summed E-state index contributed by atoms with van der Waals surface area (Å²) in [6.07, 6.45) is -0.496. The van der Waals surface area contributed by atoms with E-state index in [-0.39, 0.29) is 17.7 Å². The van der Waals surface area contributed by atoms with Crippen LogP contribution in [0.3, 0.4) is 0 Å². The highest BCUT2D eigenvalue weighted by Gasteiger charge is 2.60. The van der Waals surface area contributed by atoms with Crippen LogP contribution in [-0.4, -0.2) is 64.9 Å². The number of hydrogen-bond donors (Lipinski definition) is 1. The van der Waals surface area contributed by atoms with Crippen LogP contribution in [0.25, 0.3) is 0 Å². The lowest BCUT2D eigenvalue weighted by Gasteiger charge is -2.48. The molecule has 2 atom stereocenters. The van der Waals surface area contributed by atoms with Gasteiger partial charge in [0.25, 0.3) is 5.91 Å². The maximum absolute atomic E-state index is 13.7. The van der Waals surface area contributed by atoms with Gasteiger partial charge in [0.1, 0.15) is 5.70 Å². The number of ether oxygens (including phenoxy) is 2. The number of benzene rings is 2. The van der Waals surface area contributed by atoms with E-state index in [0.29, 0.717) is 5.69 Å². The molecular formula is C24H22N4O6S. The fourth-order valence-electron chi connectivity index (χ4n) is 4.46. The third kappa shape index (κ3) is 4.13. The van der Waals surface area contributed by atoms with Crippen LogP contribution < -0.4 is 0 Å². The first kappa shape index (κ1) is 22.9. The molecule has 5 rings (SSSR count). The zero-order chi connectivity index (χ0) is 24.6. The summed E-state index contributed by atoms with van der Waals surface area (Å²) in [5.74, 6) is -1.84. The summed E-state index contributed by atoms with van der Waals surface area (Å²) in [5.41, 5.74) is 2.01. The zero-order valence-corrected chi connectivity index (χ0v) is 19.5. The van der Waals surface area contributed by atoms with Crippen molar-refractivity contribution in [3.63, 3.8) is 0 Å². The van der Waals surface area contributed by atoms with Gasteiger partial charge in [0, 0.05) is 13.5 Å². The summed E-state index contributed by atoms with van der Waals surface area (Å²) in [5, 5.41) is 8.91. The Morgan fingerprint density at radius 1 is 1.11 bits per heavy atom. The molecular weight excluding hydrogens is 472 g/mol. The second kappa shape index (κ2) is 9.08. The van der Waals surface area contributed by atoms with Crippen LogP contribution in [-0.2, 0) is 35.3 Å². The number of rotatable bonds is 7. The lowest BCUT2D eigenvalue weighted by Crippen LogP contribution is -2.70. The third-order valence-electron chi connectivity index (χ3n) is 6.05. The topological polar surface area (TPSA) is 132 Å². The smallest absolute Gasteiger partial charge is 0.356 e. The Morgan fingerprint density at radius 3 is 2.29 bits per heavy atom. The maximum atomic E-state index is 13.7. The molecule has 0 bridgehead atoms. The summed E-state index contributed by atoms with van der Waals surface area (Å²) in [6, 6.07) is 18.4. The van der Waals surface area contributed by atoms with Crippen LogP contribution in [0, 0.1) is 0 Å². The molecule has 35 heavy (non-hydrogen) atoms. The highest BCUT2D eigenvalue weighted by atomic mass is 32.2. The van der Waals surface area contributed by atoms with Crippen molar-refractivity contribution in [3.05, 3.63) is 95.0 Å². The molecule has 3 heterocycles. The van der Waals surface area contributed by atoms with Crippen LogP contribution in [0.2, 0.25) is 0 Å². The molecule has 1 amide bonds. The number of carbonyl (C=O) groups is 2. The minimum absolute atomic E-state index is 0.00958. The second-order valence-electron chi connectivity index (χ2n) is 8.26. The van der Waals surface area contributed by atoms with Gasteiger partial charge in [-0.05, 0) is 16.7 Å². The van der Waals surface area contributed by atoms with Gasteiger partial charge in [-0.3, -0.25) is 9.69 Å². The molecule has 1 saturated heterocycles. The number of amides is 1. The summed E-state index contributed by atoms with van der Waals surface area (Å²) in [7, 11) is -2.55. The van der Waals surface area contributed by atoms with E-state index in [2.05, 4.69) is 15.4 Å². The second-order valence-corrected chi connectivity index (χ2v) is 10.4. The van der Waals surface area contributed by atoms with E-state index in [4.69, 9.17) is 9.47 Å². The van der Waals surface area contributed by atoms with Crippen molar-refractivity contribution in [2.24, 2.45) is 0 Å². The predicted molar refractivity (Wildman–Crippen MR) is 123 cm³/mol. The predicted octanol–water partition coefficient (Wildman–Crippen LogP) is 1.55. The molecule has 1 fully saturated rings. The van der Waals surface area contributed by atoms with Crippen LogP contribution in [0.4, 0.5) is 0 Å². The van der Waals surface area contributed by atoms with Crippen LogP contribution >= 0.6 is 0 Å². The molecule has 0 unspecified atom stereocenters. The van der Waals surface area contributed by atoms with Crippen molar-refractivity contribution in [1.29, 1.82) is 0 Å². The molecule has 1 N–H and O–H groups in total. The Bertz CT molecular complexity index is 1330. The van der Waals surface area contributed by atoms with Gasteiger partial charge in [0.2, 0.25) is 0 Å². The Morgan fingerprint density at radius 2 is 1.74 bits per heavy atom. The van der Waals surface area contributed by atoms with Crippen LogP contribution in [0.1, 0.15) is 22.9 Å². The van der Waals surface area contributed by atoms with Gasteiger partial charge in [-0.1, -0.05) is 60.7 Å². The van der Waals surface area contributed by atoms with E-state index in [1.165, 1.54) is 13.3 Å². The van der Waals surface area contributed by atoms with Gasteiger partial charge < -0.3 is 9.47 Å². The standard InChI is InChI=1S/C24H22N4O6S/c1-33-21-22(29)28-19(17(12-18-13-25-27-26-18)14-35(31,32)23(21)28)24(30)34-20(15-8-4-2-5-9-15)16-10-6-3-7-11-16/h2-11,13,20-21,23H,12,14H2,1H3,(H,25,26,27)/t21-,23-/m0/s1. The summed E-state index contributed by atoms with van der Waals surface area (Å²) in [4.78, 5) is 27.5. The molecule has 0 spiro atoms. The van der Waals surface area contributed by atoms with E-state index in [1.54, 1.807) is 0 Å². The third-order valence-corrected chi connectivity index (χ3v) is 7.99. The van der Waals surface area contributed by atoms with Crippen molar-refractivity contribution < 1.29 is 27.5 Å². The van der Waals surface area contributed by atoms with E-state index in [0.717, 1.165) is 16.0 Å². The monoisotopic (exact) mass is 494 g/mol. The van der Waals surface area contributed by atoms with Gasteiger partial charge in [-0.15, -0.1) is 0 Å².